The molecule has 72 valence electrons. The minimum Gasteiger partial charge on any atom is -0.365 e. The van der Waals surface area contributed by atoms with Crippen LogP contribution in [0.25, 0.3) is 0 Å². The van der Waals surface area contributed by atoms with Gasteiger partial charge in [-0.25, -0.2) is 0 Å². The quantitative estimate of drug-likeness (QED) is 0.382. The molecule has 1 N–H and O–H groups in total. The van der Waals surface area contributed by atoms with Crippen LogP contribution in [0.3, 0.4) is 0 Å². The van der Waals surface area contributed by atoms with Gasteiger partial charge in [-0.1, -0.05) is 30.8 Å². The van der Waals surface area contributed by atoms with Crippen LogP contribution < -0.4 is 5.32 Å². The molecular formula is C11H15BN2. The van der Waals surface area contributed by atoms with Crippen molar-refractivity contribution in [3.63, 3.8) is 0 Å². The van der Waals surface area contributed by atoms with Gasteiger partial charge in [-0.2, -0.15) is 0 Å². The Labute approximate surface area is 87.2 Å². The molecule has 0 saturated carbocycles. The summed E-state index contributed by atoms with van der Waals surface area (Å²) in [5, 5.41) is 2.99. The molecule has 0 aliphatic carbocycles. The van der Waals surface area contributed by atoms with Gasteiger partial charge in [-0.05, 0) is 12.3 Å². The van der Waals surface area contributed by atoms with Gasteiger partial charge in [0.1, 0.15) is 7.85 Å². The predicted octanol–water partition coefficient (Wildman–Crippen LogP) is 1.93. The highest BCUT2D eigenvalue weighted by Crippen LogP contribution is 2.00. The fourth-order valence-electron chi connectivity index (χ4n) is 0.866. The lowest BCUT2D eigenvalue weighted by molar-refractivity contribution is 1.02. The molecular weight excluding hydrogens is 171 g/mol. The lowest BCUT2D eigenvalue weighted by Crippen LogP contribution is -2.05. The number of aliphatic imine (C=N–C) groups is 1. The summed E-state index contributed by atoms with van der Waals surface area (Å²) in [4.78, 5) is 3.89. The molecule has 0 bridgehead atoms. The van der Waals surface area contributed by atoms with E-state index in [1.54, 1.807) is 31.6 Å². The standard InChI is InChI=1S/C11H15BN2/c1-4-6-10(12)9-11(14-5-2)7-8-13-3/h4-6,8-9,14H,1-2,7H2,3H3/b10-6+,11-9+,13-8?. The Morgan fingerprint density at radius 1 is 1.50 bits per heavy atom. The molecule has 0 aromatic rings. The summed E-state index contributed by atoms with van der Waals surface area (Å²) in [7, 11) is 7.41. The van der Waals surface area contributed by atoms with Gasteiger partial charge in [0.15, 0.2) is 0 Å². The molecule has 0 amide bonds. The SMILES string of the molecule is [B]C(=C/C=C)/C=C(\CC=NC)NC=C. The summed E-state index contributed by atoms with van der Waals surface area (Å²) in [6, 6.07) is 0. The molecule has 2 radical (unpaired) electrons. The maximum atomic E-state index is 5.68. The van der Waals surface area contributed by atoms with Crippen molar-refractivity contribution in [2.24, 2.45) is 4.99 Å². The number of hydrogen-bond acceptors (Lipinski definition) is 2. The second-order valence-electron chi connectivity index (χ2n) is 2.57. The third kappa shape index (κ3) is 6.06. The molecule has 0 aromatic heterocycles. The van der Waals surface area contributed by atoms with Crippen LogP contribution in [0, 0.1) is 0 Å². The Morgan fingerprint density at radius 3 is 2.71 bits per heavy atom. The predicted molar refractivity (Wildman–Crippen MR) is 64.5 cm³/mol. The molecule has 2 nitrogen and oxygen atoms in total. The van der Waals surface area contributed by atoms with E-state index in [9.17, 15) is 0 Å². The summed E-state index contributed by atoms with van der Waals surface area (Å²) < 4.78 is 0. The molecule has 3 heteroatoms. The third-order valence-corrected chi connectivity index (χ3v) is 1.43. The van der Waals surface area contributed by atoms with Crippen molar-refractivity contribution in [3.8, 4) is 0 Å². The molecule has 0 aliphatic heterocycles. The topological polar surface area (TPSA) is 24.4 Å². The fraction of sp³-hybridized carbons (Fsp3) is 0.182. The van der Waals surface area contributed by atoms with Crippen molar-refractivity contribution >= 4 is 14.1 Å². The van der Waals surface area contributed by atoms with E-state index in [-0.39, 0.29) is 0 Å². The molecule has 14 heavy (non-hydrogen) atoms. The first-order valence-corrected chi connectivity index (χ1v) is 4.31. The lowest BCUT2D eigenvalue weighted by atomic mass is 9.94. The van der Waals surface area contributed by atoms with Gasteiger partial charge in [-0.15, -0.1) is 0 Å². The minimum absolute atomic E-state index is 0.647. The van der Waals surface area contributed by atoms with Crippen molar-refractivity contribution in [3.05, 3.63) is 48.8 Å². The van der Waals surface area contributed by atoms with Gasteiger partial charge in [0.25, 0.3) is 0 Å². The number of rotatable bonds is 6. The summed E-state index contributed by atoms with van der Waals surface area (Å²) in [6.07, 6.45) is 9.30. The van der Waals surface area contributed by atoms with Crippen molar-refractivity contribution in [1.29, 1.82) is 0 Å². The van der Waals surface area contributed by atoms with E-state index in [4.69, 9.17) is 7.85 Å². The van der Waals surface area contributed by atoms with E-state index < -0.39 is 0 Å². The number of nitrogens with one attached hydrogen (secondary N) is 1. The average molecular weight is 186 g/mol. The van der Waals surface area contributed by atoms with Crippen LogP contribution in [-0.4, -0.2) is 21.1 Å². The Hall–Kier alpha value is -1.51. The largest absolute Gasteiger partial charge is 0.365 e. The van der Waals surface area contributed by atoms with Crippen LogP contribution in [-0.2, 0) is 0 Å². The van der Waals surface area contributed by atoms with Gasteiger partial charge < -0.3 is 10.3 Å². The van der Waals surface area contributed by atoms with Crippen molar-refractivity contribution in [2.45, 2.75) is 6.42 Å². The molecule has 0 aliphatic rings. The van der Waals surface area contributed by atoms with Crippen molar-refractivity contribution in [1.82, 2.24) is 5.32 Å². The van der Waals surface area contributed by atoms with Gasteiger partial charge >= 0.3 is 0 Å². The maximum absolute atomic E-state index is 5.68. The first-order valence-electron chi connectivity index (χ1n) is 4.31. The third-order valence-electron chi connectivity index (χ3n) is 1.43. The van der Waals surface area contributed by atoms with Crippen LogP contribution in [0.2, 0.25) is 0 Å². The molecule has 0 rings (SSSR count). The maximum Gasteiger partial charge on any atom is 0.113 e. The van der Waals surface area contributed by atoms with Gasteiger partial charge in [0, 0.05) is 25.4 Å². The first-order chi connectivity index (χ1) is 6.74. The van der Waals surface area contributed by atoms with E-state index in [2.05, 4.69) is 23.5 Å². The zero-order valence-electron chi connectivity index (χ0n) is 8.53. The minimum atomic E-state index is 0.647. The molecule has 0 aromatic carbocycles. The molecule has 0 unspecified atom stereocenters. The van der Waals surface area contributed by atoms with Crippen LogP contribution in [0.1, 0.15) is 6.42 Å². The first kappa shape index (κ1) is 12.5. The fourth-order valence-corrected chi connectivity index (χ4v) is 0.866. The Balaban J connectivity index is 4.52. The summed E-state index contributed by atoms with van der Waals surface area (Å²) in [5.41, 5.74) is 1.59. The van der Waals surface area contributed by atoms with E-state index in [0.29, 0.717) is 11.9 Å². The summed E-state index contributed by atoms with van der Waals surface area (Å²) >= 11 is 0. The molecule has 0 heterocycles. The Morgan fingerprint density at radius 2 is 2.21 bits per heavy atom. The summed E-state index contributed by atoms with van der Waals surface area (Å²) in [6.45, 7) is 7.15. The molecule has 0 atom stereocenters. The highest BCUT2D eigenvalue weighted by molar-refractivity contribution is 6.23. The lowest BCUT2D eigenvalue weighted by Gasteiger charge is -2.03. The Bertz CT molecular complexity index is 275. The highest BCUT2D eigenvalue weighted by Gasteiger charge is 1.91. The van der Waals surface area contributed by atoms with E-state index >= 15 is 0 Å². The smallest absolute Gasteiger partial charge is 0.113 e. The monoisotopic (exact) mass is 186 g/mol. The number of nitrogens with zero attached hydrogens (tertiary/aromatic N) is 1. The number of allylic oxidation sites excluding steroid dienone is 5. The van der Waals surface area contributed by atoms with E-state index in [1.165, 1.54) is 0 Å². The zero-order chi connectivity index (χ0) is 10.8. The number of hydrogen-bond donors (Lipinski definition) is 1. The van der Waals surface area contributed by atoms with Crippen LogP contribution in [0.5, 0.6) is 0 Å². The van der Waals surface area contributed by atoms with Gasteiger partial charge in [0.2, 0.25) is 0 Å². The molecule has 0 fully saturated rings. The van der Waals surface area contributed by atoms with Gasteiger partial charge in [-0.3, -0.25) is 0 Å². The second-order valence-corrected chi connectivity index (χ2v) is 2.57. The van der Waals surface area contributed by atoms with Crippen LogP contribution in [0.4, 0.5) is 0 Å². The van der Waals surface area contributed by atoms with Crippen LogP contribution in [0.15, 0.2) is 53.7 Å². The van der Waals surface area contributed by atoms with E-state index in [1.807, 2.05) is 6.08 Å². The molecule has 0 saturated heterocycles. The van der Waals surface area contributed by atoms with E-state index in [0.717, 1.165) is 5.70 Å². The summed E-state index contributed by atoms with van der Waals surface area (Å²) in [5.74, 6) is 0. The van der Waals surface area contributed by atoms with Crippen molar-refractivity contribution in [2.75, 3.05) is 7.05 Å². The average Bonchev–Trinajstić information content (AvgIpc) is 2.15. The van der Waals surface area contributed by atoms with Gasteiger partial charge in [0.05, 0.1) is 0 Å². The molecule has 0 spiro atoms. The normalized spacial score (nSPS) is 12.9. The van der Waals surface area contributed by atoms with Crippen LogP contribution >= 0.6 is 0 Å². The van der Waals surface area contributed by atoms with Crippen molar-refractivity contribution < 1.29 is 0 Å². The highest BCUT2D eigenvalue weighted by atomic mass is 14.8. The zero-order valence-corrected chi connectivity index (χ0v) is 8.53. The second kappa shape index (κ2) is 8.11. The Kier molecular flexibility index (Phi) is 7.24.